The van der Waals surface area contributed by atoms with Crippen molar-refractivity contribution in [1.29, 1.82) is 0 Å². The quantitative estimate of drug-likeness (QED) is 0.587. The predicted molar refractivity (Wildman–Crippen MR) is 126 cm³/mol. The molecule has 0 bridgehead atoms. The Kier molecular flexibility index (Phi) is 6.42. The van der Waals surface area contributed by atoms with E-state index in [1.807, 2.05) is 18.7 Å². The summed E-state index contributed by atoms with van der Waals surface area (Å²) in [4.78, 5) is 19.9. The van der Waals surface area contributed by atoms with Crippen LogP contribution in [0.4, 0.5) is 11.4 Å². The fraction of sp³-hybridized carbons (Fsp3) is 0.391. The SMILES string of the molecule is CC(C)c1nc2cc(NC(=O)c3cc(S(=O)(=O)N(C)C)ccc3N3CCOCC3)ccc2o1. The number of ether oxygens (including phenoxy) is 1. The molecule has 4 rings (SSSR count). The number of morpholine rings is 1. The Bertz CT molecular complexity index is 1280. The summed E-state index contributed by atoms with van der Waals surface area (Å²) in [6.45, 7) is 6.30. The van der Waals surface area contributed by atoms with E-state index in [1.54, 1.807) is 24.3 Å². The zero-order valence-electron chi connectivity index (χ0n) is 19.2. The van der Waals surface area contributed by atoms with Crippen LogP contribution in [-0.4, -0.2) is 64.0 Å². The molecule has 1 fully saturated rings. The van der Waals surface area contributed by atoms with Crippen molar-refractivity contribution in [3.63, 3.8) is 0 Å². The zero-order chi connectivity index (χ0) is 23.8. The molecule has 176 valence electrons. The maximum atomic E-state index is 13.4. The minimum atomic E-state index is -3.70. The summed E-state index contributed by atoms with van der Waals surface area (Å²) in [6.07, 6.45) is 0. The van der Waals surface area contributed by atoms with Gasteiger partial charge in [-0.1, -0.05) is 13.8 Å². The van der Waals surface area contributed by atoms with E-state index in [9.17, 15) is 13.2 Å². The zero-order valence-corrected chi connectivity index (χ0v) is 20.0. The Morgan fingerprint density at radius 2 is 1.85 bits per heavy atom. The first-order valence-corrected chi connectivity index (χ1v) is 12.2. The van der Waals surface area contributed by atoms with Crippen LogP contribution in [0.5, 0.6) is 0 Å². The molecule has 1 aromatic heterocycles. The van der Waals surface area contributed by atoms with Crippen molar-refractivity contribution in [2.45, 2.75) is 24.7 Å². The summed E-state index contributed by atoms with van der Waals surface area (Å²) in [7, 11) is -0.776. The minimum absolute atomic E-state index is 0.0585. The minimum Gasteiger partial charge on any atom is -0.440 e. The summed E-state index contributed by atoms with van der Waals surface area (Å²) in [5, 5.41) is 2.89. The molecule has 0 unspecified atom stereocenters. The largest absolute Gasteiger partial charge is 0.440 e. The molecule has 0 aliphatic carbocycles. The molecule has 1 N–H and O–H groups in total. The number of nitrogens with one attached hydrogen (secondary N) is 1. The lowest BCUT2D eigenvalue weighted by molar-refractivity contribution is 0.102. The summed E-state index contributed by atoms with van der Waals surface area (Å²) in [5.41, 5.74) is 2.78. The number of hydrogen-bond donors (Lipinski definition) is 1. The first kappa shape index (κ1) is 23.2. The molecular weight excluding hydrogens is 444 g/mol. The molecule has 0 radical (unpaired) electrons. The molecule has 3 aromatic rings. The Morgan fingerprint density at radius 3 is 2.52 bits per heavy atom. The molecule has 0 spiro atoms. The van der Waals surface area contributed by atoms with E-state index in [1.165, 1.54) is 26.2 Å². The molecular formula is C23H28N4O5S. The number of nitrogens with zero attached hydrogens (tertiary/aromatic N) is 3. The number of aromatic nitrogens is 1. The number of carbonyl (C=O) groups is 1. The number of benzene rings is 2. The molecule has 0 saturated carbocycles. The van der Waals surface area contributed by atoms with E-state index >= 15 is 0 Å². The second kappa shape index (κ2) is 9.12. The third kappa shape index (κ3) is 4.73. The van der Waals surface area contributed by atoms with Crippen molar-refractivity contribution in [1.82, 2.24) is 9.29 Å². The molecule has 9 nitrogen and oxygen atoms in total. The molecule has 33 heavy (non-hydrogen) atoms. The number of hydrogen-bond acceptors (Lipinski definition) is 7. The number of amides is 1. The van der Waals surface area contributed by atoms with Gasteiger partial charge in [-0.3, -0.25) is 4.79 Å². The van der Waals surface area contributed by atoms with Crippen LogP contribution in [0, 0.1) is 0 Å². The van der Waals surface area contributed by atoms with Crippen LogP contribution in [0.3, 0.4) is 0 Å². The highest BCUT2D eigenvalue weighted by Gasteiger charge is 2.24. The molecule has 1 aliphatic rings. The van der Waals surface area contributed by atoms with Crippen LogP contribution in [0.2, 0.25) is 0 Å². The average Bonchev–Trinajstić information content (AvgIpc) is 3.23. The first-order valence-electron chi connectivity index (χ1n) is 10.8. The van der Waals surface area contributed by atoms with Crippen molar-refractivity contribution in [3.05, 3.63) is 47.9 Å². The number of sulfonamides is 1. The van der Waals surface area contributed by atoms with Crippen molar-refractivity contribution in [2.75, 3.05) is 50.6 Å². The molecule has 2 aromatic carbocycles. The maximum absolute atomic E-state index is 13.4. The monoisotopic (exact) mass is 472 g/mol. The summed E-state index contributed by atoms with van der Waals surface area (Å²) in [6, 6.07) is 9.90. The van der Waals surface area contributed by atoms with Gasteiger partial charge in [0.1, 0.15) is 5.52 Å². The molecule has 2 heterocycles. The number of rotatable bonds is 6. The molecule has 10 heteroatoms. The van der Waals surface area contributed by atoms with E-state index < -0.39 is 15.9 Å². The van der Waals surface area contributed by atoms with Gasteiger partial charge in [0.05, 0.1) is 23.7 Å². The van der Waals surface area contributed by atoms with E-state index in [0.717, 1.165) is 4.31 Å². The third-order valence-corrected chi connectivity index (χ3v) is 7.31. The van der Waals surface area contributed by atoms with Gasteiger partial charge in [-0.2, -0.15) is 0 Å². The molecule has 0 atom stereocenters. The highest BCUT2D eigenvalue weighted by atomic mass is 32.2. The van der Waals surface area contributed by atoms with Gasteiger partial charge in [0, 0.05) is 44.5 Å². The molecule has 1 saturated heterocycles. The van der Waals surface area contributed by atoms with Crippen LogP contribution in [0.1, 0.15) is 36.0 Å². The third-order valence-electron chi connectivity index (χ3n) is 5.50. The van der Waals surface area contributed by atoms with Crippen LogP contribution >= 0.6 is 0 Å². The maximum Gasteiger partial charge on any atom is 0.257 e. The predicted octanol–water partition coefficient (Wildman–Crippen LogP) is 3.29. The summed E-state index contributed by atoms with van der Waals surface area (Å²) in [5.74, 6) is 0.372. The van der Waals surface area contributed by atoms with Gasteiger partial charge in [-0.15, -0.1) is 0 Å². The highest BCUT2D eigenvalue weighted by Crippen LogP contribution is 2.28. The number of oxazole rings is 1. The summed E-state index contributed by atoms with van der Waals surface area (Å²) < 4.78 is 37.7. The van der Waals surface area contributed by atoms with Crippen molar-refractivity contribution in [3.8, 4) is 0 Å². The fourth-order valence-electron chi connectivity index (χ4n) is 3.62. The Morgan fingerprint density at radius 1 is 1.12 bits per heavy atom. The van der Waals surface area contributed by atoms with Gasteiger partial charge in [0.25, 0.3) is 5.91 Å². The van der Waals surface area contributed by atoms with Crippen molar-refractivity contribution >= 4 is 38.4 Å². The second-order valence-corrected chi connectivity index (χ2v) is 10.6. The standard InChI is InChI=1S/C23H28N4O5S/c1-15(2)23-25-19-13-16(5-8-21(19)32-23)24-22(28)18-14-17(33(29,30)26(3)4)6-7-20(18)27-9-11-31-12-10-27/h5-8,13-15H,9-12H2,1-4H3,(H,24,28). The number of anilines is 2. The van der Waals surface area contributed by atoms with E-state index in [2.05, 4.69) is 10.3 Å². The van der Waals surface area contributed by atoms with Crippen LogP contribution < -0.4 is 10.2 Å². The smallest absolute Gasteiger partial charge is 0.257 e. The Labute approximate surface area is 193 Å². The number of carbonyl (C=O) groups excluding carboxylic acids is 1. The van der Waals surface area contributed by atoms with Crippen LogP contribution in [0.15, 0.2) is 45.7 Å². The van der Waals surface area contributed by atoms with E-state index in [0.29, 0.717) is 54.7 Å². The highest BCUT2D eigenvalue weighted by molar-refractivity contribution is 7.89. The van der Waals surface area contributed by atoms with Gasteiger partial charge in [-0.05, 0) is 36.4 Å². The van der Waals surface area contributed by atoms with Gasteiger partial charge < -0.3 is 19.4 Å². The molecule has 1 aliphatic heterocycles. The van der Waals surface area contributed by atoms with E-state index in [-0.39, 0.29) is 16.4 Å². The Balaban J connectivity index is 1.70. The van der Waals surface area contributed by atoms with Crippen LogP contribution in [0.25, 0.3) is 11.1 Å². The van der Waals surface area contributed by atoms with Gasteiger partial charge >= 0.3 is 0 Å². The fourth-order valence-corrected chi connectivity index (χ4v) is 4.55. The first-order chi connectivity index (χ1) is 15.7. The van der Waals surface area contributed by atoms with Crippen molar-refractivity contribution < 1.29 is 22.4 Å². The van der Waals surface area contributed by atoms with Gasteiger partial charge in [0.2, 0.25) is 10.0 Å². The lowest BCUT2D eigenvalue weighted by Gasteiger charge is -2.30. The van der Waals surface area contributed by atoms with Crippen molar-refractivity contribution in [2.24, 2.45) is 0 Å². The topological polar surface area (TPSA) is 105 Å². The number of fused-ring (bicyclic) bond motifs is 1. The normalized spacial score (nSPS) is 14.9. The van der Waals surface area contributed by atoms with E-state index in [4.69, 9.17) is 9.15 Å². The summed E-state index contributed by atoms with van der Waals surface area (Å²) >= 11 is 0. The average molecular weight is 473 g/mol. The molecule has 1 amide bonds. The lowest BCUT2D eigenvalue weighted by Crippen LogP contribution is -2.37. The Hall–Kier alpha value is -2.95. The van der Waals surface area contributed by atoms with Gasteiger partial charge in [-0.25, -0.2) is 17.7 Å². The van der Waals surface area contributed by atoms with Gasteiger partial charge in [0.15, 0.2) is 11.5 Å². The van der Waals surface area contributed by atoms with Crippen LogP contribution in [-0.2, 0) is 14.8 Å². The lowest BCUT2D eigenvalue weighted by atomic mass is 10.1. The second-order valence-electron chi connectivity index (χ2n) is 8.41.